The highest BCUT2D eigenvalue weighted by Gasteiger charge is 2.27. The summed E-state index contributed by atoms with van der Waals surface area (Å²) in [4.78, 5) is 35.9. The molecule has 0 amide bonds. The van der Waals surface area contributed by atoms with Gasteiger partial charge in [-0.1, -0.05) is 332 Å². The van der Waals surface area contributed by atoms with E-state index < -0.39 is 26.5 Å². The molecule has 0 aliphatic rings. The molecule has 0 saturated heterocycles. The molecule has 1 N–H and O–H groups in total. The third-order valence-corrected chi connectivity index (χ3v) is 17.8. The normalized spacial score (nSPS) is 13.3. The average molecular weight is 1230 g/mol. The monoisotopic (exact) mass is 1230 g/mol. The Morgan fingerprint density at radius 3 is 0.919 bits per heavy atom. The third kappa shape index (κ3) is 71.1. The number of hydrogen-bond acceptors (Lipinski definition) is 7. The first kappa shape index (κ1) is 84.0. The summed E-state index contributed by atoms with van der Waals surface area (Å²) in [7, 11) is 1.50. The first-order valence-corrected chi connectivity index (χ1v) is 38.9. The molecule has 0 heterocycles. The topological polar surface area (TPSA) is 108 Å². The molecule has 0 bridgehead atoms. The molecule has 0 aromatic carbocycles. The first-order chi connectivity index (χ1) is 42.0. The molecule has 0 radical (unpaired) electrons. The van der Waals surface area contributed by atoms with Gasteiger partial charge in [0.2, 0.25) is 0 Å². The summed E-state index contributed by atoms with van der Waals surface area (Å²) in [6.45, 7) is 4.48. The van der Waals surface area contributed by atoms with E-state index in [1.807, 2.05) is 21.1 Å². The lowest BCUT2D eigenvalue weighted by Gasteiger charge is -2.24. The second-order valence-electron chi connectivity index (χ2n) is 26.7. The fourth-order valence-corrected chi connectivity index (χ4v) is 11.8. The van der Waals surface area contributed by atoms with Gasteiger partial charge in [-0.3, -0.25) is 18.6 Å². The number of nitrogens with zero attached hydrogens (tertiary/aromatic N) is 1. The molecule has 0 fully saturated rings. The minimum absolute atomic E-state index is 0.0339. The van der Waals surface area contributed by atoms with E-state index in [4.69, 9.17) is 18.5 Å². The maximum absolute atomic E-state index is 12.9. The van der Waals surface area contributed by atoms with Crippen molar-refractivity contribution in [2.24, 2.45) is 0 Å². The van der Waals surface area contributed by atoms with Gasteiger partial charge in [0.25, 0.3) is 0 Å². The van der Waals surface area contributed by atoms with Gasteiger partial charge in [-0.05, 0) is 77.0 Å². The number of allylic oxidation sites excluding steroid dienone is 8. The fraction of sp³-hybridized carbons (Fsp3) is 0.868. The van der Waals surface area contributed by atoms with Gasteiger partial charge in [-0.15, -0.1) is 0 Å². The number of phosphoric acid groups is 1. The highest BCUT2D eigenvalue weighted by atomic mass is 31.2. The van der Waals surface area contributed by atoms with Crippen LogP contribution >= 0.6 is 7.82 Å². The van der Waals surface area contributed by atoms with E-state index in [-0.39, 0.29) is 25.6 Å². The molecule has 9 nitrogen and oxygen atoms in total. The lowest BCUT2D eigenvalue weighted by Crippen LogP contribution is -2.37. The number of phosphoric ester groups is 1. The van der Waals surface area contributed by atoms with Crippen molar-refractivity contribution in [3.8, 4) is 0 Å². The van der Waals surface area contributed by atoms with E-state index >= 15 is 0 Å². The lowest BCUT2D eigenvalue weighted by molar-refractivity contribution is -0.870. The Balaban J connectivity index is 3.95. The number of carbonyl (C=O) groups excluding carboxylic acids is 2. The van der Waals surface area contributed by atoms with Gasteiger partial charge >= 0.3 is 19.8 Å². The molecule has 506 valence electrons. The molecule has 2 atom stereocenters. The van der Waals surface area contributed by atoms with Crippen molar-refractivity contribution in [3.05, 3.63) is 48.6 Å². The summed E-state index contributed by atoms with van der Waals surface area (Å²) in [6, 6.07) is 0. The van der Waals surface area contributed by atoms with Gasteiger partial charge in [0.05, 0.1) is 27.7 Å². The summed E-state index contributed by atoms with van der Waals surface area (Å²) >= 11 is 0. The zero-order chi connectivity index (χ0) is 62.6. The Labute approximate surface area is 534 Å². The van der Waals surface area contributed by atoms with Gasteiger partial charge in [0, 0.05) is 12.8 Å². The van der Waals surface area contributed by atoms with Crippen LogP contribution in [0.3, 0.4) is 0 Å². The van der Waals surface area contributed by atoms with Crippen LogP contribution in [-0.4, -0.2) is 74.9 Å². The fourth-order valence-electron chi connectivity index (χ4n) is 11.1. The maximum Gasteiger partial charge on any atom is 0.472 e. The third-order valence-electron chi connectivity index (χ3n) is 16.8. The zero-order valence-corrected chi connectivity index (χ0v) is 58.7. The number of quaternary nitrogens is 1. The largest absolute Gasteiger partial charge is 0.472 e. The van der Waals surface area contributed by atoms with Crippen molar-refractivity contribution in [1.82, 2.24) is 0 Å². The van der Waals surface area contributed by atoms with E-state index in [0.29, 0.717) is 23.9 Å². The van der Waals surface area contributed by atoms with E-state index in [0.717, 1.165) is 44.9 Å². The van der Waals surface area contributed by atoms with Crippen LogP contribution in [0, 0.1) is 0 Å². The molecule has 0 aliphatic heterocycles. The van der Waals surface area contributed by atoms with Crippen molar-refractivity contribution in [2.45, 2.75) is 380 Å². The number of carbonyl (C=O) groups is 2. The smallest absolute Gasteiger partial charge is 0.462 e. The molecule has 86 heavy (non-hydrogen) atoms. The quantitative estimate of drug-likeness (QED) is 0.0211. The molecule has 0 rings (SSSR count). The second kappa shape index (κ2) is 67.4. The molecule has 0 saturated carbocycles. The van der Waals surface area contributed by atoms with Crippen molar-refractivity contribution in [3.63, 3.8) is 0 Å². The van der Waals surface area contributed by atoms with E-state index in [1.165, 1.54) is 295 Å². The van der Waals surface area contributed by atoms with Crippen LogP contribution in [0.15, 0.2) is 48.6 Å². The van der Waals surface area contributed by atoms with Gasteiger partial charge in [-0.2, -0.15) is 0 Å². The summed E-state index contributed by atoms with van der Waals surface area (Å²) in [5, 5.41) is 0. The van der Waals surface area contributed by atoms with Crippen LogP contribution < -0.4 is 0 Å². The number of unbranched alkanes of at least 4 members (excludes halogenated alkanes) is 48. The SMILES string of the molecule is CCCCCCC/C=C\C/C=C\CCCCCCCCCCCCCCCCCCCCCCCCCC(=O)OC(COC(=O)CCCCCCCCCCCCCCCCC/C=C\C/C=C\CCCCCCC)COP(=O)(O)OCC[N+](C)(C)C. The van der Waals surface area contributed by atoms with Crippen molar-refractivity contribution < 1.29 is 42.1 Å². The van der Waals surface area contributed by atoms with E-state index in [2.05, 4.69) is 62.5 Å². The first-order valence-electron chi connectivity index (χ1n) is 37.4. The molecular weight excluding hydrogens is 1090 g/mol. The second-order valence-corrected chi connectivity index (χ2v) is 28.1. The van der Waals surface area contributed by atoms with Gasteiger partial charge < -0.3 is 18.9 Å². The average Bonchev–Trinajstić information content (AvgIpc) is 3.56. The molecule has 0 aliphatic carbocycles. The molecular formula is C76H145NO8P+. The maximum atomic E-state index is 12.9. The summed E-state index contributed by atoms with van der Waals surface area (Å²) < 4.78 is 34.8. The van der Waals surface area contributed by atoms with Crippen LogP contribution in [0.4, 0.5) is 0 Å². The standard InChI is InChI=1S/C76H144NO8P/c1-6-8-10-12-14-16-18-20-22-24-26-28-30-32-34-35-36-37-38-39-40-41-43-45-47-49-51-53-55-57-59-61-63-65-67-69-76(79)85-74(73-84-86(80,81)83-71-70-77(3,4)5)72-82-75(78)68-66-64-62-60-58-56-54-52-50-48-46-44-42-33-31-29-27-25-23-21-19-17-15-13-11-9-7-2/h18-21,24-27,74H,6-17,22-23,28-73H2,1-5H3/p+1/b20-18-,21-19-,26-24-,27-25-. The Kier molecular flexibility index (Phi) is 65.8. The Morgan fingerprint density at radius 1 is 0.360 bits per heavy atom. The number of esters is 2. The summed E-state index contributed by atoms with van der Waals surface area (Å²) in [6.07, 6.45) is 88.1. The minimum atomic E-state index is -4.39. The number of ether oxygens (including phenoxy) is 2. The Morgan fingerprint density at radius 2 is 0.628 bits per heavy atom. The van der Waals surface area contributed by atoms with Gasteiger partial charge in [0.1, 0.15) is 19.8 Å². The molecule has 0 aromatic heterocycles. The van der Waals surface area contributed by atoms with Gasteiger partial charge in [-0.25, -0.2) is 4.57 Å². The van der Waals surface area contributed by atoms with Crippen molar-refractivity contribution in [2.75, 3.05) is 47.5 Å². The highest BCUT2D eigenvalue weighted by Crippen LogP contribution is 2.43. The number of rotatable bonds is 70. The van der Waals surface area contributed by atoms with E-state index in [1.54, 1.807) is 0 Å². The number of likely N-dealkylation sites (N-methyl/N-ethyl adjacent to an activating group) is 1. The van der Waals surface area contributed by atoms with Crippen LogP contribution in [0.2, 0.25) is 0 Å². The predicted octanol–water partition coefficient (Wildman–Crippen LogP) is 24.4. The molecule has 10 heteroatoms. The minimum Gasteiger partial charge on any atom is -0.462 e. The van der Waals surface area contributed by atoms with Crippen LogP contribution in [-0.2, 0) is 32.7 Å². The highest BCUT2D eigenvalue weighted by molar-refractivity contribution is 7.47. The predicted molar refractivity (Wildman–Crippen MR) is 372 cm³/mol. The van der Waals surface area contributed by atoms with Crippen LogP contribution in [0.1, 0.15) is 373 Å². The van der Waals surface area contributed by atoms with Crippen LogP contribution in [0.5, 0.6) is 0 Å². The zero-order valence-electron chi connectivity index (χ0n) is 57.8. The van der Waals surface area contributed by atoms with E-state index in [9.17, 15) is 19.0 Å². The van der Waals surface area contributed by atoms with Gasteiger partial charge in [0.15, 0.2) is 6.10 Å². The Bertz CT molecular complexity index is 1590. The molecule has 0 spiro atoms. The lowest BCUT2D eigenvalue weighted by atomic mass is 10.0. The van der Waals surface area contributed by atoms with Crippen LogP contribution in [0.25, 0.3) is 0 Å². The summed E-state index contributed by atoms with van der Waals surface area (Å²) in [5.74, 6) is -0.777. The van der Waals surface area contributed by atoms with Crippen molar-refractivity contribution in [1.29, 1.82) is 0 Å². The Hall–Kier alpha value is -2.03. The number of hydrogen-bond donors (Lipinski definition) is 1. The molecule has 2 unspecified atom stereocenters. The molecule has 0 aromatic rings. The summed E-state index contributed by atoms with van der Waals surface area (Å²) in [5.41, 5.74) is 0. The van der Waals surface area contributed by atoms with Crippen molar-refractivity contribution >= 4 is 19.8 Å².